The minimum atomic E-state index is -0.0576. The van der Waals surface area contributed by atoms with Crippen LogP contribution in [-0.2, 0) is 14.2 Å². The highest BCUT2D eigenvalue weighted by Gasteiger charge is 2.48. The van der Waals surface area contributed by atoms with Gasteiger partial charge in [0, 0.05) is 18.9 Å². The SMILES string of the molecule is CO[C@H]1CO[C@@H]2[C@@H]1OC[C@@H]2Nc1nccc(-c2ccc3c(c2)OCO3)n1. The molecular weight excluding hydrogens is 338 g/mol. The molecule has 5 rings (SSSR count). The number of aromatic nitrogens is 2. The van der Waals surface area contributed by atoms with Gasteiger partial charge in [-0.05, 0) is 24.3 Å². The zero-order chi connectivity index (χ0) is 17.5. The number of benzene rings is 1. The van der Waals surface area contributed by atoms with E-state index in [1.165, 1.54) is 0 Å². The molecule has 0 radical (unpaired) electrons. The maximum atomic E-state index is 5.83. The molecule has 0 saturated carbocycles. The third kappa shape index (κ3) is 2.66. The van der Waals surface area contributed by atoms with Crippen molar-refractivity contribution in [3.8, 4) is 22.8 Å². The second-order valence-corrected chi connectivity index (χ2v) is 6.45. The van der Waals surface area contributed by atoms with Crippen LogP contribution in [0.3, 0.4) is 0 Å². The van der Waals surface area contributed by atoms with Crippen molar-refractivity contribution in [1.82, 2.24) is 9.97 Å². The maximum absolute atomic E-state index is 5.83. The first-order valence-electron chi connectivity index (χ1n) is 8.57. The molecule has 1 aromatic heterocycles. The van der Waals surface area contributed by atoms with E-state index in [0.29, 0.717) is 19.2 Å². The fourth-order valence-electron chi connectivity index (χ4n) is 3.60. The molecule has 0 amide bonds. The number of nitrogens with one attached hydrogen (secondary N) is 1. The van der Waals surface area contributed by atoms with Gasteiger partial charge in [-0.15, -0.1) is 0 Å². The molecule has 0 aliphatic carbocycles. The van der Waals surface area contributed by atoms with Gasteiger partial charge in [0.2, 0.25) is 12.7 Å². The van der Waals surface area contributed by atoms with Gasteiger partial charge in [-0.3, -0.25) is 0 Å². The van der Waals surface area contributed by atoms with Crippen LogP contribution in [0.15, 0.2) is 30.5 Å². The summed E-state index contributed by atoms with van der Waals surface area (Å²) in [6.07, 6.45) is 1.61. The minimum absolute atomic E-state index is 0.00726. The number of nitrogens with zero attached hydrogens (tertiary/aromatic N) is 2. The second kappa shape index (κ2) is 6.39. The molecule has 26 heavy (non-hydrogen) atoms. The Kier molecular flexibility index (Phi) is 3.88. The van der Waals surface area contributed by atoms with Crippen molar-refractivity contribution in [2.75, 3.05) is 32.4 Å². The Morgan fingerprint density at radius 3 is 2.88 bits per heavy atom. The number of methoxy groups -OCH3 is 1. The van der Waals surface area contributed by atoms with Crippen LogP contribution < -0.4 is 14.8 Å². The highest BCUT2D eigenvalue weighted by atomic mass is 16.7. The van der Waals surface area contributed by atoms with Crippen molar-refractivity contribution in [3.05, 3.63) is 30.5 Å². The van der Waals surface area contributed by atoms with Gasteiger partial charge in [0.05, 0.1) is 24.9 Å². The molecule has 3 aliphatic rings. The molecule has 4 atom stereocenters. The Balaban J connectivity index is 1.34. The summed E-state index contributed by atoms with van der Waals surface area (Å²) in [5, 5.41) is 3.34. The first kappa shape index (κ1) is 15.8. The number of hydrogen-bond acceptors (Lipinski definition) is 8. The molecule has 4 heterocycles. The number of ether oxygens (including phenoxy) is 5. The smallest absolute Gasteiger partial charge is 0.231 e. The lowest BCUT2D eigenvalue weighted by Gasteiger charge is -2.17. The van der Waals surface area contributed by atoms with Crippen molar-refractivity contribution in [3.63, 3.8) is 0 Å². The number of fused-ring (bicyclic) bond motifs is 2. The van der Waals surface area contributed by atoms with Gasteiger partial charge in [0.1, 0.15) is 18.3 Å². The molecule has 3 aliphatic heterocycles. The van der Waals surface area contributed by atoms with Crippen LogP contribution in [0.5, 0.6) is 11.5 Å². The molecular formula is C18H19N3O5. The van der Waals surface area contributed by atoms with Gasteiger partial charge in [-0.25, -0.2) is 9.97 Å². The third-order valence-electron chi connectivity index (χ3n) is 4.95. The Morgan fingerprint density at radius 1 is 1.08 bits per heavy atom. The number of anilines is 1. The molecule has 8 heteroatoms. The predicted octanol–water partition coefficient (Wildman–Crippen LogP) is 1.47. The molecule has 136 valence electrons. The van der Waals surface area contributed by atoms with E-state index in [2.05, 4.69) is 15.3 Å². The van der Waals surface area contributed by atoms with E-state index in [1.54, 1.807) is 13.3 Å². The van der Waals surface area contributed by atoms with Crippen LogP contribution in [0, 0.1) is 0 Å². The first-order valence-corrected chi connectivity index (χ1v) is 8.57. The molecule has 0 bridgehead atoms. The van der Waals surface area contributed by atoms with E-state index < -0.39 is 0 Å². The average molecular weight is 357 g/mol. The van der Waals surface area contributed by atoms with E-state index in [-0.39, 0.29) is 31.1 Å². The largest absolute Gasteiger partial charge is 0.454 e. The molecule has 2 fully saturated rings. The summed E-state index contributed by atoms with van der Waals surface area (Å²) < 4.78 is 27.9. The summed E-state index contributed by atoms with van der Waals surface area (Å²) in [4.78, 5) is 8.96. The van der Waals surface area contributed by atoms with Crippen molar-refractivity contribution >= 4 is 5.95 Å². The summed E-state index contributed by atoms with van der Waals surface area (Å²) in [6, 6.07) is 7.62. The highest BCUT2D eigenvalue weighted by Crippen LogP contribution is 2.35. The Labute approximate surface area is 150 Å². The van der Waals surface area contributed by atoms with E-state index in [0.717, 1.165) is 22.8 Å². The second-order valence-electron chi connectivity index (χ2n) is 6.45. The lowest BCUT2D eigenvalue weighted by atomic mass is 10.1. The van der Waals surface area contributed by atoms with Crippen LogP contribution in [0.2, 0.25) is 0 Å². The standard InChI is InChI=1S/C18H19N3O5/c1-22-15-8-24-16-12(7-23-17(15)16)21-18-19-5-4-11(20-18)10-2-3-13-14(6-10)26-9-25-13/h2-6,12,15-17H,7-9H2,1H3,(H,19,20,21)/t12-,15-,16-,17+/m0/s1. The molecule has 0 unspecified atom stereocenters. The van der Waals surface area contributed by atoms with Gasteiger partial charge >= 0.3 is 0 Å². The quantitative estimate of drug-likeness (QED) is 0.881. The molecule has 2 saturated heterocycles. The Bertz CT molecular complexity index is 817. The summed E-state index contributed by atoms with van der Waals surface area (Å²) >= 11 is 0. The first-order chi connectivity index (χ1) is 12.8. The van der Waals surface area contributed by atoms with E-state index >= 15 is 0 Å². The monoisotopic (exact) mass is 357 g/mol. The highest BCUT2D eigenvalue weighted by molar-refractivity contribution is 5.65. The maximum Gasteiger partial charge on any atom is 0.231 e. The van der Waals surface area contributed by atoms with Gasteiger partial charge in [-0.1, -0.05) is 0 Å². The number of rotatable bonds is 4. The van der Waals surface area contributed by atoms with Crippen molar-refractivity contribution < 1.29 is 23.7 Å². The van der Waals surface area contributed by atoms with Gasteiger partial charge in [0.15, 0.2) is 11.5 Å². The molecule has 0 spiro atoms. The molecule has 2 aromatic rings. The fourth-order valence-corrected chi connectivity index (χ4v) is 3.60. The number of hydrogen-bond donors (Lipinski definition) is 1. The zero-order valence-electron chi connectivity index (χ0n) is 14.3. The molecule has 1 N–H and O–H groups in total. The lowest BCUT2D eigenvalue weighted by molar-refractivity contribution is -0.00757. The van der Waals surface area contributed by atoms with Crippen LogP contribution in [0.25, 0.3) is 11.3 Å². The van der Waals surface area contributed by atoms with Crippen molar-refractivity contribution in [1.29, 1.82) is 0 Å². The lowest BCUT2D eigenvalue weighted by Crippen LogP contribution is -2.36. The van der Waals surface area contributed by atoms with E-state index in [9.17, 15) is 0 Å². The van der Waals surface area contributed by atoms with Gasteiger partial charge in [-0.2, -0.15) is 0 Å². The van der Waals surface area contributed by atoms with E-state index in [4.69, 9.17) is 23.7 Å². The summed E-state index contributed by atoms with van der Waals surface area (Å²) in [6.45, 7) is 1.33. The van der Waals surface area contributed by atoms with Gasteiger partial charge < -0.3 is 29.0 Å². The normalized spacial score (nSPS) is 29.0. The summed E-state index contributed by atoms with van der Waals surface area (Å²) in [5.41, 5.74) is 1.75. The van der Waals surface area contributed by atoms with E-state index in [1.807, 2.05) is 24.3 Å². The van der Waals surface area contributed by atoms with Crippen LogP contribution in [0.4, 0.5) is 5.95 Å². The summed E-state index contributed by atoms with van der Waals surface area (Å²) in [5.74, 6) is 2.02. The van der Waals surface area contributed by atoms with Gasteiger partial charge in [0.25, 0.3) is 0 Å². The zero-order valence-corrected chi connectivity index (χ0v) is 14.3. The van der Waals surface area contributed by atoms with Crippen LogP contribution >= 0.6 is 0 Å². The third-order valence-corrected chi connectivity index (χ3v) is 4.95. The van der Waals surface area contributed by atoms with Crippen molar-refractivity contribution in [2.45, 2.75) is 24.4 Å². The average Bonchev–Trinajstić information content (AvgIpc) is 3.38. The fraction of sp³-hybridized carbons (Fsp3) is 0.444. The minimum Gasteiger partial charge on any atom is -0.454 e. The Hall–Kier alpha value is -2.42. The Morgan fingerprint density at radius 2 is 1.96 bits per heavy atom. The molecule has 1 aromatic carbocycles. The summed E-state index contributed by atoms with van der Waals surface area (Å²) in [7, 11) is 1.68. The topological polar surface area (TPSA) is 84.0 Å². The van der Waals surface area contributed by atoms with Crippen LogP contribution in [0.1, 0.15) is 0 Å². The van der Waals surface area contributed by atoms with Crippen LogP contribution in [-0.4, -0.2) is 61.4 Å². The van der Waals surface area contributed by atoms with Crippen molar-refractivity contribution in [2.24, 2.45) is 0 Å². The predicted molar refractivity (Wildman–Crippen MR) is 91.3 cm³/mol. The molecule has 8 nitrogen and oxygen atoms in total.